The molecule has 2 saturated heterocycles. The third-order valence-electron chi connectivity index (χ3n) is 12.8. The number of carbonyl (C=O) groups is 1. The highest BCUT2D eigenvalue weighted by Gasteiger charge is 2.52. The largest absolute Gasteiger partial charge is 0.457 e. The third-order valence-corrected chi connectivity index (χ3v) is 12.8. The van der Waals surface area contributed by atoms with Crippen LogP contribution in [0.1, 0.15) is 161 Å². The number of hydrogen-bond acceptors (Lipinski definition) is 10. The van der Waals surface area contributed by atoms with Crippen LogP contribution in [0.3, 0.4) is 0 Å². The molecule has 0 radical (unpaired) electrons. The molecule has 0 aromatic heterocycles. The summed E-state index contributed by atoms with van der Waals surface area (Å²) in [5, 5.41) is 3.36. The number of para-hydroxylation sites is 1. The molecule has 11 nitrogen and oxygen atoms in total. The molecule has 2 aliphatic rings. The highest BCUT2D eigenvalue weighted by Crippen LogP contribution is 2.37. The van der Waals surface area contributed by atoms with Gasteiger partial charge in [-0.15, -0.1) is 0 Å². The minimum atomic E-state index is -0.793. The second kappa shape index (κ2) is 33.2. The van der Waals surface area contributed by atoms with Crippen LogP contribution >= 0.6 is 0 Å². The quantitative estimate of drug-likeness (QED) is 0.0566. The Morgan fingerprint density at radius 1 is 0.618 bits per heavy atom. The van der Waals surface area contributed by atoms with Gasteiger partial charge in [0.1, 0.15) is 42.0 Å². The lowest BCUT2D eigenvalue weighted by atomic mass is 9.97. The molecule has 1 N–H and O–H groups in total. The van der Waals surface area contributed by atoms with Crippen LogP contribution in [0.2, 0.25) is 0 Å². The molecular formula is C57H87NO10. The molecule has 11 heteroatoms. The fourth-order valence-corrected chi connectivity index (χ4v) is 8.72. The van der Waals surface area contributed by atoms with Crippen molar-refractivity contribution < 1.29 is 47.4 Å². The predicted molar refractivity (Wildman–Crippen MR) is 269 cm³/mol. The van der Waals surface area contributed by atoms with Crippen LogP contribution in [0.5, 0.6) is 11.5 Å². The Hall–Kier alpha value is -3.39. The minimum Gasteiger partial charge on any atom is -0.457 e. The third kappa shape index (κ3) is 19.8. The summed E-state index contributed by atoms with van der Waals surface area (Å²) in [5.74, 6) is 1.71. The van der Waals surface area contributed by atoms with Gasteiger partial charge in [-0.3, -0.25) is 4.79 Å². The molecule has 2 fully saturated rings. The van der Waals surface area contributed by atoms with E-state index in [0.29, 0.717) is 39.5 Å². The molecule has 380 valence electrons. The Morgan fingerprint density at radius 2 is 1.19 bits per heavy atom. The van der Waals surface area contributed by atoms with Crippen LogP contribution in [0.15, 0.2) is 84.9 Å². The molecule has 2 heterocycles. The van der Waals surface area contributed by atoms with Crippen molar-refractivity contribution in [3.63, 3.8) is 0 Å². The first-order valence-corrected chi connectivity index (χ1v) is 26.6. The van der Waals surface area contributed by atoms with E-state index in [1.165, 1.54) is 37.7 Å². The van der Waals surface area contributed by atoms with Gasteiger partial charge in [0.05, 0.1) is 25.4 Å². The zero-order valence-corrected chi connectivity index (χ0v) is 42.3. The van der Waals surface area contributed by atoms with Crippen molar-refractivity contribution in [3.8, 4) is 11.5 Å². The number of unbranched alkanes of at least 4 members (excludes halogenated alkanes) is 11. The highest BCUT2D eigenvalue weighted by molar-refractivity contribution is 5.76. The topological polar surface area (TPSA) is 112 Å². The number of carbonyl (C=O) groups excluding carboxylic acids is 1. The summed E-state index contributed by atoms with van der Waals surface area (Å²) < 4.78 is 58.7. The van der Waals surface area contributed by atoms with Gasteiger partial charge in [0.2, 0.25) is 5.91 Å². The number of rotatable bonds is 36. The van der Waals surface area contributed by atoms with Gasteiger partial charge in [-0.2, -0.15) is 0 Å². The number of aryl methyl sites for hydroxylation is 1. The van der Waals surface area contributed by atoms with Crippen molar-refractivity contribution in [3.05, 3.63) is 96.1 Å². The van der Waals surface area contributed by atoms with E-state index < -0.39 is 49.1 Å². The van der Waals surface area contributed by atoms with Gasteiger partial charge in [-0.1, -0.05) is 153 Å². The molecule has 0 bridgehead atoms. The fourth-order valence-electron chi connectivity index (χ4n) is 8.72. The number of hydrogen-bond donors (Lipinski definition) is 1. The van der Waals surface area contributed by atoms with Crippen LogP contribution in [0.25, 0.3) is 0 Å². The van der Waals surface area contributed by atoms with Gasteiger partial charge in [-0.25, -0.2) is 0 Å². The predicted octanol–water partition coefficient (Wildman–Crippen LogP) is 12.6. The normalized spacial score (nSPS) is 21.7. The zero-order chi connectivity index (χ0) is 48.0. The maximum absolute atomic E-state index is 13.8. The maximum atomic E-state index is 13.8. The van der Waals surface area contributed by atoms with Crippen molar-refractivity contribution in [2.75, 3.05) is 39.6 Å². The van der Waals surface area contributed by atoms with Crippen molar-refractivity contribution in [2.24, 2.45) is 0 Å². The molecule has 3 aromatic rings. The van der Waals surface area contributed by atoms with Crippen LogP contribution in [-0.4, -0.2) is 94.5 Å². The summed E-state index contributed by atoms with van der Waals surface area (Å²) in [5.41, 5.74) is 2.29. The summed E-state index contributed by atoms with van der Waals surface area (Å²) in [7, 11) is 0. The van der Waals surface area contributed by atoms with Crippen LogP contribution in [0.4, 0.5) is 0 Å². The molecule has 9 atom stereocenters. The first-order chi connectivity index (χ1) is 33.4. The van der Waals surface area contributed by atoms with Gasteiger partial charge >= 0.3 is 0 Å². The van der Waals surface area contributed by atoms with Gasteiger partial charge in [0.15, 0.2) is 12.6 Å². The van der Waals surface area contributed by atoms with Crippen molar-refractivity contribution in [1.29, 1.82) is 0 Å². The maximum Gasteiger partial charge on any atom is 0.220 e. The molecular weight excluding hydrogens is 859 g/mol. The van der Waals surface area contributed by atoms with E-state index in [4.69, 9.17) is 42.6 Å². The number of benzene rings is 3. The van der Waals surface area contributed by atoms with Crippen LogP contribution < -0.4 is 10.1 Å². The van der Waals surface area contributed by atoms with E-state index in [1.54, 1.807) is 0 Å². The molecule has 68 heavy (non-hydrogen) atoms. The summed E-state index contributed by atoms with van der Waals surface area (Å²) >= 11 is 0. The average Bonchev–Trinajstić information content (AvgIpc) is 3.36. The Balaban J connectivity index is 1.15. The smallest absolute Gasteiger partial charge is 0.220 e. The lowest BCUT2D eigenvalue weighted by molar-refractivity contribution is -0.371. The molecule has 0 aliphatic carbocycles. The zero-order valence-electron chi connectivity index (χ0n) is 42.3. The van der Waals surface area contributed by atoms with E-state index in [2.05, 4.69) is 57.3 Å². The van der Waals surface area contributed by atoms with Crippen molar-refractivity contribution in [1.82, 2.24) is 5.32 Å². The molecule has 0 saturated carbocycles. The lowest BCUT2D eigenvalue weighted by Crippen LogP contribution is -2.64. The highest BCUT2D eigenvalue weighted by atomic mass is 16.8. The van der Waals surface area contributed by atoms with Gasteiger partial charge < -0.3 is 47.9 Å². The molecule has 3 aromatic carbocycles. The van der Waals surface area contributed by atoms with E-state index in [0.717, 1.165) is 94.1 Å². The van der Waals surface area contributed by atoms with E-state index in [9.17, 15) is 4.79 Å². The second-order valence-electron chi connectivity index (χ2n) is 18.6. The molecule has 2 aliphatic heterocycles. The second-order valence-corrected chi connectivity index (χ2v) is 18.6. The summed E-state index contributed by atoms with van der Waals surface area (Å²) in [4.78, 5) is 13.8. The van der Waals surface area contributed by atoms with Crippen LogP contribution in [0, 0.1) is 0 Å². The van der Waals surface area contributed by atoms with Crippen molar-refractivity contribution >= 4 is 5.91 Å². The Bertz CT molecular complexity index is 1720. The van der Waals surface area contributed by atoms with Crippen LogP contribution in [-0.2, 0) is 49.1 Å². The molecule has 0 spiro atoms. The standard InChI is InChI=1S/C57H87NO10/c1-6-10-38-60-44(5)52(61-39-11-7-2)49(58-51(59)33-27-19-17-15-14-16-18-22-28-45-34-36-48(37-35-45)66-47-31-25-21-26-32-47)42-64-57-55(63-41-13-9-4)54(62-40-12-8-3)53-50(67-57)43-65-56(68-53)46-29-23-20-24-30-46/h20-21,23-26,29-32,34-37,44,49-50,52-57H,6-19,22,27-28,33,38-43H2,1-5H3,(H,58,59)/t44-,49+,50?,52-,53+,54?,55?,56?,57+/m1/s1. The van der Waals surface area contributed by atoms with E-state index in [-0.39, 0.29) is 18.6 Å². The number of fused-ring (bicyclic) bond motifs is 1. The fraction of sp³-hybridized carbons (Fsp3) is 0.667. The van der Waals surface area contributed by atoms with Crippen molar-refractivity contribution in [2.45, 2.75) is 205 Å². The SMILES string of the molecule is CCCCOC1C(OCCCC)[C@H]2OC(c3ccccc3)OCC2O[C@@H]1OC[C@H](NC(=O)CCCCCCCCCCc1ccc(Oc2ccccc2)cc1)[C@H](OCCCC)[C@@H](C)OCCCC. The average molecular weight is 946 g/mol. The monoisotopic (exact) mass is 946 g/mol. The van der Waals surface area contributed by atoms with Gasteiger partial charge in [0.25, 0.3) is 0 Å². The Morgan fingerprint density at radius 3 is 1.85 bits per heavy atom. The first kappa shape index (κ1) is 55.5. The van der Waals surface area contributed by atoms with E-state index >= 15 is 0 Å². The lowest BCUT2D eigenvalue weighted by Gasteiger charge is -2.49. The summed E-state index contributed by atoms with van der Waals surface area (Å²) in [6.45, 7) is 13.4. The first-order valence-electron chi connectivity index (χ1n) is 26.6. The number of nitrogens with one attached hydrogen (secondary N) is 1. The molecule has 5 rings (SSSR count). The summed E-state index contributed by atoms with van der Waals surface area (Å²) in [6.07, 6.45) is 14.2. The van der Waals surface area contributed by atoms with Gasteiger partial charge in [-0.05, 0) is 81.7 Å². The van der Waals surface area contributed by atoms with E-state index in [1.807, 2.05) is 67.6 Å². The molecule has 1 amide bonds. The summed E-state index contributed by atoms with van der Waals surface area (Å²) in [6, 6.07) is 27.9. The molecule has 4 unspecified atom stereocenters. The Kier molecular flexibility index (Phi) is 27.1. The number of amides is 1. The minimum absolute atomic E-state index is 0.00899. The number of ether oxygens (including phenoxy) is 9. The Labute approximate surface area is 409 Å². The van der Waals surface area contributed by atoms with Gasteiger partial charge in [0, 0.05) is 38.4 Å².